The van der Waals surface area contributed by atoms with E-state index in [1.807, 2.05) is 38.1 Å². The fourth-order valence-electron chi connectivity index (χ4n) is 1.90. The smallest absolute Gasteiger partial charge is 0.243 e. The number of hydrazine groups is 1. The maximum absolute atomic E-state index is 11.5. The first-order valence-electron chi connectivity index (χ1n) is 5.40. The van der Waals surface area contributed by atoms with Crippen LogP contribution in [0.5, 0.6) is 0 Å². The highest BCUT2D eigenvalue weighted by molar-refractivity contribution is 5.84. The quantitative estimate of drug-likeness (QED) is 0.776. The number of hydrogen-bond donors (Lipinski definition) is 2. The maximum Gasteiger partial charge on any atom is 0.243 e. The van der Waals surface area contributed by atoms with Crippen LogP contribution < -0.4 is 10.4 Å². The highest BCUT2D eigenvalue weighted by Crippen LogP contribution is 2.24. The molecule has 0 spiro atoms. The van der Waals surface area contributed by atoms with E-state index in [-0.39, 0.29) is 24.5 Å². The summed E-state index contributed by atoms with van der Waals surface area (Å²) >= 11 is 0. The van der Waals surface area contributed by atoms with Crippen molar-refractivity contribution in [2.24, 2.45) is 5.92 Å². The van der Waals surface area contributed by atoms with Crippen LogP contribution in [-0.2, 0) is 4.79 Å². The lowest BCUT2D eigenvalue weighted by atomic mass is 10.0. The van der Waals surface area contributed by atoms with E-state index < -0.39 is 0 Å². The van der Waals surface area contributed by atoms with Crippen molar-refractivity contribution < 1.29 is 9.90 Å². The molecule has 1 aliphatic heterocycles. The number of aryl methyl sites for hydroxylation is 1. The third kappa shape index (κ3) is 1.76. The van der Waals surface area contributed by atoms with E-state index in [0.717, 1.165) is 5.69 Å². The number of nitrogens with one attached hydrogen (secondary N) is 1. The van der Waals surface area contributed by atoms with E-state index in [1.54, 1.807) is 5.01 Å². The summed E-state index contributed by atoms with van der Waals surface area (Å²) in [5, 5.41) is 11.0. The molecule has 1 saturated heterocycles. The summed E-state index contributed by atoms with van der Waals surface area (Å²) in [5.74, 6) is -0.231. The number of benzene rings is 1. The van der Waals surface area contributed by atoms with Crippen molar-refractivity contribution in [1.82, 2.24) is 5.43 Å². The minimum atomic E-state index is -0.189. The first-order chi connectivity index (χ1) is 7.63. The first-order valence-corrected chi connectivity index (χ1v) is 5.40. The van der Waals surface area contributed by atoms with Crippen LogP contribution in [0.1, 0.15) is 12.5 Å². The fraction of sp³-hybridized carbons (Fsp3) is 0.417. The van der Waals surface area contributed by atoms with Crippen molar-refractivity contribution in [2.45, 2.75) is 19.9 Å². The summed E-state index contributed by atoms with van der Waals surface area (Å²) in [5.41, 5.74) is 4.85. The van der Waals surface area contributed by atoms with Gasteiger partial charge in [0.2, 0.25) is 5.91 Å². The molecular weight excluding hydrogens is 204 g/mol. The van der Waals surface area contributed by atoms with Gasteiger partial charge in [-0.2, -0.15) is 0 Å². The molecule has 1 amide bonds. The summed E-state index contributed by atoms with van der Waals surface area (Å²) < 4.78 is 0. The van der Waals surface area contributed by atoms with Crippen molar-refractivity contribution in [3.8, 4) is 0 Å². The fourth-order valence-corrected chi connectivity index (χ4v) is 1.90. The van der Waals surface area contributed by atoms with Crippen LogP contribution in [0.2, 0.25) is 0 Å². The Morgan fingerprint density at radius 3 is 2.56 bits per heavy atom. The Hall–Kier alpha value is -1.55. The van der Waals surface area contributed by atoms with Gasteiger partial charge < -0.3 is 5.11 Å². The number of nitrogens with zero attached hydrogens (tertiary/aromatic N) is 1. The Labute approximate surface area is 94.9 Å². The normalized spacial score (nSPS) is 24.7. The Kier molecular flexibility index (Phi) is 2.83. The molecule has 16 heavy (non-hydrogen) atoms. The van der Waals surface area contributed by atoms with Crippen LogP contribution in [0.3, 0.4) is 0 Å². The molecule has 1 aliphatic rings. The van der Waals surface area contributed by atoms with Gasteiger partial charge in [0.05, 0.1) is 24.3 Å². The molecule has 2 unspecified atom stereocenters. The van der Waals surface area contributed by atoms with Gasteiger partial charge in [0.1, 0.15) is 0 Å². The molecule has 0 saturated carbocycles. The number of carbonyl (C=O) groups excluding carboxylic acids is 1. The predicted octanol–water partition coefficient (Wildman–Crippen LogP) is 0.843. The Morgan fingerprint density at radius 1 is 1.38 bits per heavy atom. The molecular formula is C12H16N2O2. The van der Waals surface area contributed by atoms with E-state index >= 15 is 0 Å². The number of amides is 1. The molecule has 2 rings (SSSR count). The van der Waals surface area contributed by atoms with Gasteiger partial charge in [-0.25, -0.2) is 0 Å². The molecule has 0 aliphatic carbocycles. The first kappa shape index (κ1) is 11.0. The molecule has 4 heteroatoms. The minimum Gasteiger partial charge on any atom is -0.394 e. The van der Waals surface area contributed by atoms with Gasteiger partial charge in [0.25, 0.3) is 0 Å². The maximum atomic E-state index is 11.5. The zero-order valence-electron chi connectivity index (χ0n) is 9.47. The number of hydrogen-bond acceptors (Lipinski definition) is 3. The summed E-state index contributed by atoms with van der Waals surface area (Å²) in [6, 6.07) is 7.67. The van der Waals surface area contributed by atoms with Crippen LogP contribution in [0.15, 0.2) is 24.3 Å². The third-order valence-electron chi connectivity index (χ3n) is 3.05. The molecule has 4 nitrogen and oxygen atoms in total. The molecule has 0 aromatic heterocycles. The van der Waals surface area contributed by atoms with E-state index in [2.05, 4.69) is 5.43 Å². The van der Waals surface area contributed by atoms with Gasteiger partial charge >= 0.3 is 0 Å². The molecule has 1 aromatic rings. The van der Waals surface area contributed by atoms with Gasteiger partial charge in [-0.3, -0.25) is 15.2 Å². The standard InChI is InChI=1S/C12H16N2O2/c1-8-3-5-10(6-4-8)14-11(7-15)9(2)12(16)13-14/h3-6,9,11,15H,7H2,1-2H3,(H,13,16). The summed E-state index contributed by atoms with van der Waals surface area (Å²) in [7, 11) is 0. The van der Waals surface area contributed by atoms with Crippen LogP contribution in [0.4, 0.5) is 5.69 Å². The largest absolute Gasteiger partial charge is 0.394 e. The zero-order chi connectivity index (χ0) is 11.7. The number of rotatable bonds is 2. The van der Waals surface area contributed by atoms with Gasteiger partial charge in [0.15, 0.2) is 0 Å². The molecule has 2 atom stereocenters. The average Bonchev–Trinajstić information content (AvgIpc) is 2.56. The van der Waals surface area contributed by atoms with Gasteiger partial charge in [-0.15, -0.1) is 0 Å². The second kappa shape index (κ2) is 4.14. The highest BCUT2D eigenvalue weighted by atomic mass is 16.3. The average molecular weight is 220 g/mol. The molecule has 1 heterocycles. The lowest BCUT2D eigenvalue weighted by Crippen LogP contribution is -2.40. The summed E-state index contributed by atoms with van der Waals surface area (Å²) in [4.78, 5) is 11.5. The molecule has 1 fully saturated rings. The molecule has 0 radical (unpaired) electrons. The third-order valence-corrected chi connectivity index (χ3v) is 3.05. The van der Waals surface area contributed by atoms with Crippen LogP contribution >= 0.6 is 0 Å². The monoisotopic (exact) mass is 220 g/mol. The second-order valence-electron chi connectivity index (χ2n) is 4.22. The number of carbonyl (C=O) groups is 1. The lowest BCUT2D eigenvalue weighted by molar-refractivity contribution is -0.122. The highest BCUT2D eigenvalue weighted by Gasteiger charge is 2.37. The predicted molar refractivity (Wildman–Crippen MR) is 61.8 cm³/mol. The van der Waals surface area contributed by atoms with E-state index in [9.17, 15) is 9.90 Å². The van der Waals surface area contributed by atoms with Crippen LogP contribution in [-0.4, -0.2) is 23.7 Å². The molecule has 0 bridgehead atoms. The van der Waals surface area contributed by atoms with E-state index in [0.29, 0.717) is 0 Å². The van der Waals surface area contributed by atoms with Gasteiger partial charge in [-0.1, -0.05) is 24.6 Å². The van der Waals surface area contributed by atoms with Crippen molar-refractivity contribution >= 4 is 11.6 Å². The summed E-state index contributed by atoms with van der Waals surface area (Å²) in [6.45, 7) is 3.80. The molecule has 86 valence electrons. The van der Waals surface area contributed by atoms with Crippen molar-refractivity contribution in [3.63, 3.8) is 0 Å². The summed E-state index contributed by atoms with van der Waals surface area (Å²) in [6.07, 6.45) is 0. The van der Waals surface area contributed by atoms with E-state index in [1.165, 1.54) is 5.56 Å². The van der Waals surface area contributed by atoms with Crippen molar-refractivity contribution in [1.29, 1.82) is 0 Å². The Morgan fingerprint density at radius 2 is 2.00 bits per heavy atom. The van der Waals surface area contributed by atoms with Crippen molar-refractivity contribution in [3.05, 3.63) is 29.8 Å². The minimum absolute atomic E-state index is 0.0339. The second-order valence-corrected chi connectivity index (χ2v) is 4.22. The van der Waals surface area contributed by atoms with Crippen LogP contribution in [0.25, 0.3) is 0 Å². The molecule has 1 aromatic carbocycles. The topological polar surface area (TPSA) is 52.6 Å². The SMILES string of the molecule is Cc1ccc(N2NC(=O)C(C)C2CO)cc1. The van der Waals surface area contributed by atoms with Crippen molar-refractivity contribution in [2.75, 3.05) is 11.6 Å². The van der Waals surface area contributed by atoms with Gasteiger partial charge in [0, 0.05) is 0 Å². The Bertz CT molecular complexity index is 389. The van der Waals surface area contributed by atoms with E-state index in [4.69, 9.17) is 0 Å². The Balaban J connectivity index is 2.27. The number of aliphatic hydroxyl groups is 1. The lowest BCUT2D eigenvalue weighted by Gasteiger charge is -2.25. The zero-order valence-corrected chi connectivity index (χ0v) is 9.47. The van der Waals surface area contributed by atoms with Gasteiger partial charge in [-0.05, 0) is 19.1 Å². The van der Waals surface area contributed by atoms with Crippen LogP contribution in [0, 0.1) is 12.8 Å². The number of aliphatic hydroxyl groups excluding tert-OH is 1. The number of anilines is 1. The molecule has 2 N–H and O–H groups in total.